The van der Waals surface area contributed by atoms with Crippen molar-refractivity contribution in [2.24, 2.45) is 5.73 Å². The second-order valence-electron chi connectivity index (χ2n) is 2.96. The van der Waals surface area contributed by atoms with Crippen LogP contribution in [0.25, 0.3) is 10.4 Å². The van der Waals surface area contributed by atoms with E-state index >= 15 is 0 Å². The molecule has 1 nitrogen and oxygen atoms in total. The first-order valence-electron chi connectivity index (χ1n) is 4.34. The Morgan fingerprint density at radius 1 is 1.21 bits per heavy atom. The summed E-state index contributed by atoms with van der Waals surface area (Å²) in [5, 5.41) is 1.93. The monoisotopic (exact) mass is 207 g/mol. The van der Waals surface area contributed by atoms with Gasteiger partial charge < -0.3 is 5.73 Å². The summed E-state index contributed by atoms with van der Waals surface area (Å²) in [5.41, 5.74) is 6.64. The SMILES string of the molecule is NCc1cccc(-c2cccs2)c1F. The van der Waals surface area contributed by atoms with Crippen molar-refractivity contribution in [3.05, 3.63) is 47.1 Å². The average Bonchev–Trinajstić information content (AvgIpc) is 2.71. The lowest BCUT2D eigenvalue weighted by atomic mass is 10.1. The van der Waals surface area contributed by atoms with Crippen molar-refractivity contribution >= 4 is 11.3 Å². The van der Waals surface area contributed by atoms with Crippen molar-refractivity contribution in [1.29, 1.82) is 0 Å². The van der Waals surface area contributed by atoms with Crippen molar-refractivity contribution in [3.63, 3.8) is 0 Å². The Bertz CT molecular complexity index is 423. The summed E-state index contributed by atoms with van der Waals surface area (Å²) >= 11 is 1.53. The number of hydrogen-bond donors (Lipinski definition) is 1. The number of rotatable bonds is 2. The summed E-state index contributed by atoms with van der Waals surface area (Å²) in [6.07, 6.45) is 0. The molecule has 1 aromatic heterocycles. The Kier molecular flexibility index (Phi) is 2.61. The molecule has 0 aliphatic carbocycles. The third-order valence-corrected chi connectivity index (χ3v) is 2.99. The molecule has 3 heteroatoms. The van der Waals surface area contributed by atoms with Crippen LogP contribution in [0.3, 0.4) is 0 Å². The molecule has 1 heterocycles. The van der Waals surface area contributed by atoms with Crippen LogP contribution < -0.4 is 5.73 Å². The Morgan fingerprint density at radius 3 is 2.71 bits per heavy atom. The van der Waals surface area contributed by atoms with Crippen molar-refractivity contribution in [2.45, 2.75) is 6.54 Å². The molecule has 0 saturated heterocycles. The molecule has 0 aliphatic rings. The number of hydrogen-bond acceptors (Lipinski definition) is 2. The largest absolute Gasteiger partial charge is 0.326 e. The molecule has 2 N–H and O–H groups in total. The highest BCUT2D eigenvalue weighted by Crippen LogP contribution is 2.28. The van der Waals surface area contributed by atoms with Crippen molar-refractivity contribution in [2.75, 3.05) is 0 Å². The standard InChI is InChI=1S/C11H10FNS/c12-11-8(7-13)3-1-4-9(11)10-5-2-6-14-10/h1-6H,7,13H2. The quantitative estimate of drug-likeness (QED) is 0.804. The predicted octanol–water partition coefficient (Wildman–Crippen LogP) is 3.01. The fraction of sp³-hybridized carbons (Fsp3) is 0.0909. The van der Waals surface area contributed by atoms with Gasteiger partial charge in [0.05, 0.1) is 0 Å². The van der Waals surface area contributed by atoms with Gasteiger partial charge in [-0.05, 0) is 11.4 Å². The Labute approximate surface area is 86.0 Å². The minimum absolute atomic E-state index is 0.197. The number of benzene rings is 1. The van der Waals surface area contributed by atoms with Crippen molar-refractivity contribution in [1.82, 2.24) is 0 Å². The Hall–Kier alpha value is -1.19. The van der Waals surface area contributed by atoms with E-state index in [-0.39, 0.29) is 12.4 Å². The molecule has 0 saturated carbocycles. The molecule has 14 heavy (non-hydrogen) atoms. The van der Waals surface area contributed by atoms with Crippen LogP contribution in [0, 0.1) is 5.82 Å². The van der Waals surface area contributed by atoms with Crippen LogP contribution in [0.2, 0.25) is 0 Å². The first kappa shape index (κ1) is 9.37. The van der Waals surface area contributed by atoms with E-state index in [0.29, 0.717) is 11.1 Å². The Balaban J connectivity index is 2.54. The predicted molar refractivity (Wildman–Crippen MR) is 57.6 cm³/mol. The normalized spacial score (nSPS) is 10.4. The Morgan fingerprint density at radius 2 is 2.07 bits per heavy atom. The van der Waals surface area contributed by atoms with Gasteiger partial charge in [-0.3, -0.25) is 0 Å². The molecular weight excluding hydrogens is 197 g/mol. The number of nitrogens with two attached hydrogens (primary N) is 1. The van der Waals surface area contributed by atoms with E-state index < -0.39 is 0 Å². The second kappa shape index (κ2) is 3.90. The maximum Gasteiger partial charge on any atom is 0.136 e. The molecule has 1 aromatic carbocycles. The van der Waals surface area contributed by atoms with Gasteiger partial charge in [-0.25, -0.2) is 4.39 Å². The van der Waals surface area contributed by atoms with Crippen LogP contribution in [0.15, 0.2) is 35.7 Å². The van der Waals surface area contributed by atoms with Crippen LogP contribution in [-0.2, 0) is 6.54 Å². The summed E-state index contributed by atoms with van der Waals surface area (Å²) < 4.78 is 13.8. The average molecular weight is 207 g/mol. The molecule has 72 valence electrons. The number of halogens is 1. The fourth-order valence-corrected chi connectivity index (χ4v) is 2.11. The lowest BCUT2D eigenvalue weighted by Gasteiger charge is -2.04. The van der Waals surface area contributed by atoms with Gasteiger partial charge in [0.1, 0.15) is 5.82 Å². The summed E-state index contributed by atoms with van der Waals surface area (Å²) in [6.45, 7) is 0.241. The molecule has 0 atom stereocenters. The van der Waals surface area contributed by atoms with Crippen molar-refractivity contribution in [3.8, 4) is 10.4 Å². The van der Waals surface area contributed by atoms with Gasteiger partial charge in [0, 0.05) is 22.5 Å². The second-order valence-corrected chi connectivity index (χ2v) is 3.91. The van der Waals surface area contributed by atoms with Gasteiger partial charge >= 0.3 is 0 Å². The van der Waals surface area contributed by atoms with E-state index in [2.05, 4.69) is 0 Å². The maximum atomic E-state index is 13.8. The van der Waals surface area contributed by atoms with E-state index in [9.17, 15) is 4.39 Å². The summed E-state index contributed by atoms with van der Waals surface area (Å²) in [5.74, 6) is -0.197. The van der Waals surface area contributed by atoms with Crippen molar-refractivity contribution < 1.29 is 4.39 Å². The molecule has 0 aliphatic heterocycles. The van der Waals surface area contributed by atoms with Gasteiger partial charge in [0.25, 0.3) is 0 Å². The zero-order valence-corrected chi connectivity index (χ0v) is 8.35. The third-order valence-electron chi connectivity index (χ3n) is 2.09. The minimum atomic E-state index is -0.197. The van der Waals surface area contributed by atoms with E-state index in [1.807, 2.05) is 23.6 Å². The molecule has 0 spiro atoms. The topological polar surface area (TPSA) is 26.0 Å². The molecule has 0 amide bonds. The molecule has 2 rings (SSSR count). The zero-order valence-electron chi connectivity index (χ0n) is 7.53. The molecular formula is C11H10FNS. The highest BCUT2D eigenvalue weighted by Gasteiger charge is 2.08. The number of thiophene rings is 1. The van der Waals surface area contributed by atoms with Gasteiger partial charge in [0.15, 0.2) is 0 Å². The van der Waals surface area contributed by atoms with Gasteiger partial charge in [-0.1, -0.05) is 24.3 Å². The van der Waals surface area contributed by atoms with Gasteiger partial charge in [0.2, 0.25) is 0 Å². The third kappa shape index (κ3) is 1.56. The highest BCUT2D eigenvalue weighted by atomic mass is 32.1. The van der Waals surface area contributed by atoms with Crippen LogP contribution in [0.5, 0.6) is 0 Å². The minimum Gasteiger partial charge on any atom is -0.326 e. The van der Waals surface area contributed by atoms with Crippen LogP contribution >= 0.6 is 11.3 Å². The maximum absolute atomic E-state index is 13.8. The fourth-order valence-electron chi connectivity index (χ4n) is 1.36. The molecule has 0 fully saturated rings. The highest BCUT2D eigenvalue weighted by molar-refractivity contribution is 7.13. The van der Waals surface area contributed by atoms with Gasteiger partial charge in [-0.15, -0.1) is 11.3 Å². The van der Waals surface area contributed by atoms with Crippen LogP contribution in [-0.4, -0.2) is 0 Å². The smallest absolute Gasteiger partial charge is 0.136 e. The van der Waals surface area contributed by atoms with Crippen LogP contribution in [0.4, 0.5) is 4.39 Å². The zero-order chi connectivity index (χ0) is 9.97. The van der Waals surface area contributed by atoms with E-state index in [1.165, 1.54) is 11.3 Å². The van der Waals surface area contributed by atoms with E-state index in [1.54, 1.807) is 12.1 Å². The summed E-state index contributed by atoms with van der Waals surface area (Å²) in [4.78, 5) is 0.942. The van der Waals surface area contributed by atoms with E-state index in [4.69, 9.17) is 5.73 Å². The lowest BCUT2D eigenvalue weighted by Crippen LogP contribution is -2.00. The molecule has 0 unspecified atom stereocenters. The lowest BCUT2D eigenvalue weighted by molar-refractivity contribution is 0.614. The van der Waals surface area contributed by atoms with Crippen LogP contribution in [0.1, 0.15) is 5.56 Å². The molecule has 0 radical (unpaired) electrons. The molecule has 0 bridgehead atoms. The van der Waals surface area contributed by atoms with E-state index in [0.717, 1.165) is 4.88 Å². The first-order valence-corrected chi connectivity index (χ1v) is 5.22. The molecule has 2 aromatic rings. The summed E-state index contributed by atoms with van der Waals surface area (Å²) in [6, 6.07) is 9.14. The summed E-state index contributed by atoms with van der Waals surface area (Å²) in [7, 11) is 0. The first-order chi connectivity index (χ1) is 6.83. The van der Waals surface area contributed by atoms with Gasteiger partial charge in [-0.2, -0.15) is 0 Å².